The minimum atomic E-state index is -0.165. The highest BCUT2D eigenvalue weighted by molar-refractivity contribution is 9.10. The van der Waals surface area contributed by atoms with Gasteiger partial charge < -0.3 is 5.32 Å². The van der Waals surface area contributed by atoms with Gasteiger partial charge in [-0.25, -0.2) is 4.39 Å². The summed E-state index contributed by atoms with van der Waals surface area (Å²) < 4.78 is 14.2. The van der Waals surface area contributed by atoms with Crippen LogP contribution in [0, 0.1) is 11.7 Å². The molecule has 1 heterocycles. The van der Waals surface area contributed by atoms with Gasteiger partial charge in [-0.05, 0) is 52.4 Å². The maximum Gasteiger partial charge on any atom is 0.137 e. The number of halogens is 4. The maximum atomic E-state index is 13.6. The van der Waals surface area contributed by atoms with Gasteiger partial charge in [0, 0.05) is 32.2 Å². The largest absolute Gasteiger partial charge is 0.314 e. The Morgan fingerprint density at radius 1 is 1.09 bits per heavy atom. The van der Waals surface area contributed by atoms with Crippen molar-refractivity contribution < 1.29 is 4.39 Å². The standard InChI is InChI=1S/C17H24BrFN2.2ClH/c18-15-12-14(6-7-16(15)19)17(13-4-2-1-3-5-13)21-10-8-20-9-11-21;;/h6-7,12-13,17,20H,1-5,8-11H2;2*1H/t17-;;/m0../s1. The number of rotatable bonds is 3. The third kappa shape index (κ3) is 5.30. The predicted molar refractivity (Wildman–Crippen MR) is 102 cm³/mol. The summed E-state index contributed by atoms with van der Waals surface area (Å²) in [5, 5.41) is 3.43. The van der Waals surface area contributed by atoms with Gasteiger partial charge in [0.1, 0.15) is 5.82 Å². The SMILES string of the molecule is Cl.Cl.Fc1ccc([C@H](C2CCCCC2)N2CCNCC2)cc1Br. The van der Waals surface area contributed by atoms with Crippen molar-refractivity contribution in [3.63, 3.8) is 0 Å². The number of hydrogen-bond acceptors (Lipinski definition) is 2. The monoisotopic (exact) mass is 426 g/mol. The van der Waals surface area contributed by atoms with E-state index in [1.54, 1.807) is 6.07 Å². The molecule has 1 aromatic rings. The van der Waals surface area contributed by atoms with E-state index in [1.807, 2.05) is 12.1 Å². The second kappa shape index (κ2) is 10.2. The Bertz CT molecular complexity index is 460. The summed E-state index contributed by atoms with van der Waals surface area (Å²) in [6.45, 7) is 4.31. The van der Waals surface area contributed by atoms with E-state index in [4.69, 9.17) is 0 Å². The smallest absolute Gasteiger partial charge is 0.137 e. The number of benzene rings is 1. The first kappa shape index (κ1) is 21.2. The first-order valence-electron chi connectivity index (χ1n) is 8.15. The fourth-order valence-corrected chi connectivity index (χ4v) is 4.28. The van der Waals surface area contributed by atoms with Crippen molar-refractivity contribution in [3.05, 3.63) is 34.1 Å². The minimum Gasteiger partial charge on any atom is -0.314 e. The molecular formula is C17H26BrCl2FN2. The molecule has 0 unspecified atom stereocenters. The molecule has 1 aliphatic heterocycles. The first-order chi connectivity index (χ1) is 10.3. The van der Waals surface area contributed by atoms with E-state index in [9.17, 15) is 4.39 Å². The zero-order valence-electron chi connectivity index (χ0n) is 13.3. The molecule has 0 radical (unpaired) electrons. The fraction of sp³-hybridized carbons (Fsp3) is 0.647. The topological polar surface area (TPSA) is 15.3 Å². The first-order valence-corrected chi connectivity index (χ1v) is 8.95. The Hall–Kier alpha value is 0.130. The van der Waals surface area contributed by atoms with Gasteiger partial charge in [0.05, 0.1) is 4.47 Å². The van der Waals surface area contributed by atoms with E-state index in [0.717, 1.165) is 26.2 Å². The highest BCUT2D eigenvalue weighted by atomic mass is 79.9. The average molecular weight is 428 g/mol. The molecule has 0 bridgehead atoms. The van der Waals surface area contributed by atoms with E-state index in [-0.39, 0.29) is 30.6 Å². The lowest BCUT2D eigenvalue weighted by molar-refractivity contribution is 0.103. The molecule has 1 aliphatic carbocycles. The Kier molecular flexibility index (Phi) is 9.39. The lowest BCUT2D eigenvalue weighted by Crippen LogP contribution is -2.47. The van der Waals surface area contributed by atoms with Gasteiger partial charge in [0.15, 0.2) is 0 Å². The second-order valence-electron chi connectivity index (χ2n) is 6.30. The van der Waals surface area contributed by atoms with Crippen LogP contribution in [0.25, 0.3) is 0 Å². The molecule has 1 atom stereocenters. The van der Waals surface area contributed by atoms with Crippen LogP contribution in [-0.4, -0.2) is 31.1 Å². The van der Waals surface area contributed by atoms with Crippen LogP contribution in [0.5, 0.6) is 0 Å². The molecule has 2 aliphatic rings. The van der Waals surface area contributed by atoms with Crippen LogP contribution in [0.15, 0.2) is 22.7 Å². The van der Waals surface area contributed by atoms with Crippen molar-refractivity contribution in [1.82, 2.24) is 10.2 Å². The molecule has 132 valence electrons. The lowest BCUT2D eigenvalue weighted by atomic mass is 9.80. The van der Waals surface area contributed by atoms with E-state index in [0.29, 0.717) is 16.4 Å². The van der Waals surface area contributed by atoms with Crippen LogP contribution < -0.4 is 5.32 Å². The van der Waals surface area contributed by atoms with Gasteiger partial charge in [-0.3, -0.25) is 4.90 Å². The molecule has 1 aromatic carbocycles. The van der Waals surface area contributed by atoms with Gasteiger partial charge in [0.2, 0.25) is 0 Å². The van der Waals surface area contributed by atoms with Gasteiger partial charge in [0.25, 0.3) is 0 Å². The van der Waals surface area contributed by atoms with Crippen molar-refractivity contribution in [2.45, 2.75) is 38.1 Å². The zero-order chi connectivity index (χ0) is 14.7. The second-order valence-corrected chi connectivity index (χ2v) is 7.16. The van der Waals surface area contributed by atoms with E-state index in [1.165, 1.54) is 37.7 Å². The van der Waals surface area contributed by atoms with Crippen LogP contribution in [0.2, 0.25) is 0 Å². The molecule has 6 heteroatoms. The van der Waals surface area contributed by atoms with Crippen molar-refractivity contribution in [2.75, 3.05) is 26.2 Å². The molecule has 3 rings (SSSR count). The van der Waals surface area contributed by atoms with Crippen LogP contribution in [0.1, 0.15) is 43.7 Å². The summed E-state index contributed by atoms with van der Waals surface area (Å²) >= 11 is 3.36. The molecule has 1 saturated heterocycles. The van der Waals surface area contributed by atoms with E-state index in [2.05, 4.69) is 26.1 Å². The summed E-state index contributed by atoms with van der Waals surface area (Å²) in [5.41, 5.74) is 1.28. The quantitative estimate of drug-likeness (QED) is 0.733. The van der Waals surface area contributed by atoms with E-state index >= 15 is 0 Å². The van der Waals surface area contributed by atoms with Crippen LogP contribution in [-0.2, 0) is 0 Å². The molecule has 2 fully saturated rings. The summed E-state index contributed by atoms with van der Waals surface area (Å²) in [7, 11) is 0. The molecule has 23 heavy (non-hydrogen) atoms. The molecule has 1 N–H and O–H groups in total. The third-order valence-corrected chi connectivity index (χ3v) is 5.53. The van der Waals surface area contributed by atoms with Crippen LogP contribution >= 0.6 is 40.7 Å². The van der Waals surface area contributed by atoms with Crippen LogP contribution in [0.3, 0.4) is 0 Å². The normalized spacial score (nSPS) is 21.1. The molecule has 0 amide bonds. The molecule has 2 nitrogen and oxygen atoms in total. The molecule has 0 spiro atoms. The van der Waals surface area contributed by atoms with Gasteiger partial charge in [-0.2, -0.15) is 0 Å². The van der Waals surface area contributed by atoms with Crippen molar-refractivity contribution in [3.8, 4) is 0 Å². The van der Waals surface area contributed by atoms with Crippen molar-refractivity contribution in [1.29, 1.82) is 0 Å². The van der Waals surface area contributed by atoms with Crippen molar-refractivity contribution in [2.24, 2.45) is 5.92 Å². The van der Waals surface area contributed by atoms with Gasteiger partial charge in [-0.1, -0.05) is 25.3 Å². The number of nitrogens with zero attached hydrogens (tertiary/aromatic N) is 1. The molecular weight excluding hydrogens is 402 g/mol. The molecule has 1 saturated carbocycles. The summed E-state index contributed by atoms with van der Waals surface area (Å²) in [4.78, 5) is 2.60. The zero-order valence-corrected chi connectivity index (χ0v) is 16.5. The van der Waals surface area contributed by atoms with Crippen LogP contribution in [0.4, 0.5) is 4.39 Å². The highest BCUT2D eigenvalue weighted by Gasteiger charge is 2.31. The van der Waals surface area contributed by atoms with Gasteiger partial charge in [-0.15, -0.1) is 24.8 Å². The Morgan fingerprint density at radius 3 is 2.35 bits per heavy atom. The Labute approximate surface area is 159 Å². The number of piperazine rings is 1. The Balaban J connectivity index is 0.00000132. The predicted octanol–water partition coefficient (Wildman–Crippen LogP) is 4.96. The average Bonchev–Trinajstić information content (AvgIpc) is 2.53. The number of nitrogens with one attached hydrogen (secondary N) is 1. The van der Waals surface area contributed by atoms with E-state index < -0.39 is 0 Å². The Morgan fingerprint density at radius 2 is 1.74 bits per heavy atom. The summed E-state index contributed by atoms with van der Waals surface area (Å²) in [5.74, 6) is 0.552. The maximum absolute atomic E-state index is 13.6. The summed E-state index contributed by atoms with van der Waals surface area (Å²) in [6, 6.07) is 6.04. The summed E-state index contributed by atoms with van der Waals surface area (Å²) in [6.07, 6.45) is 6.68. The number of hydrogen-bond donors (Lipinski definition) is 1. The fourth-order valence-electron chi connectivity index (χ4n) is 3.89. The van der Waals surface area contributed by atoms with Gasteiger partial charge >= 0.3 is 0 Å². The third-order valence-electron chi connectivity index (χ3n) is 4.93. The lowest BCUT2D eigenvalue weighted by Gasteiger charge is -2.41. The highest BCUT2D eigenvalue weighted by Crippen LogP contribution is 2.39. The van der Waals surface area contributed by atoms with Crippen molar-refractivity contribution >= 4 is 40.7 Å². The molecule has 0 aromatic heterocycles. The minimum absolute atomic E-state index is 0.